The number of benzene rings is 2. The lowest BCUT2D eigenvalue weighted by atomic mass is 9.92. The topological polar surface area (TPSA) is 76.2 Å². The van der Waals surface area contributed by atoms with Crippen LogP contribution in [0.3, 0.4) is 0 Å². The molecule has 0 saturated carbocycles. The number of allylic oxidation sites excluding steroid dienone is 3. The predicted molar refractivity (Wildman–Crippen MR) is 163 cm³/mol. The summed E-state index contributed by atoms with van der Waals surface area (Å²) in [6.07, 6.45) is 12.4. The van der Waals surface area contributed by atoms with Crippen LogP contribution in [0.1, 0.15) is 30.9 Å². The molecule has 2 aliphatic heterocycles. The smallest absolute Gasteiger partial charge is 0.333 e. The Morgan fingerprint density at radius 3 is 2.57 bits per heavy atom. The molecule has 4 amide bonds. The molecule has 2 saturated heterocycles. The van der Waals surface area contributed by atoms with Crippen molar-refractivity contribution in [1.29, 1.82) is 0 Å². The van der Waals surface area contributed by atoms with E-state index in [4.69, 9.17) is 29.6 Å². The van der Waals surface area contributed by atoms with Gasteiger partial charge < -0.3 is 15.1 Å². The summed E-state index contributed by atoms with van der Waals surface area (Å²) in [6, 6.07) is 13.6. The monoisotopic (exact) mass is 605 g/mol. The van der Waals surface area contributed by atoms with Gasteiger partial charge in [-0.1, -0.05) is 90.7 Å². The highest BCUT2D eigenvalue weighted by Crippen LogP contribution is 2.32. The second-order valence-corrected chi connectivity index (χ2v) is 11.6. The second kappa shape index (κ2) is 13.0. The van der Waals surface area contributed by atoms with Gasteiger partial charge in [-0.2, -0.15) is 5.01 Å². The zero-order chi connectivity index (χ0) is 29.8. The summed E-state index contributed by atoms with van der Waals surface area (Å²) in [4.78, 5) is 44.8. The Balaban J connectivity index is 1.48. The van der Waals surface area contributed by atoms with Gasteiger partial charge in [-0.3, -0.25) is 9.59 Å². The quantitative estimate of drug-likeness (QED) is 0.458. The SMILES string of the molecule is C#CCN1CC(=O)N2[C@@H](CC3=CCC(C)C=C3)C(=O)N(Cc3ccc(Cl)c(Cl)c3)C[C@@H]2N1C(=O)NCc1ccccc1. The van der Waals surface area contributed by atoms with Crippen molar-refractivity contribution in [1.82, 2.24) is 25.1 Å². The van der Waals surface area contributed by atoms with Crippen LogP contribution >= 0.6 is 23.2 Å². The van der Waals surface area contributed by atoms with Gasteiger partial charge in [0, 0.05) is 19.5 Å². The first-order chi connectivity index (χ1) is 20.2. The van der Waals surface area contributed by atoms with Crippen molar-refractivity contribution in [3.05, 3.63) is 93.5 Å². The average molecular weight is 607 g/mol. The maximum Gasteiger partial charge on any atom is 0.334 e. The minimum atomic E-state index is -0.791. The molecule has 5 rings (SSSR count). The van der Waals surface area contributed by atoms with Crippen LogP contribution in [0.4, 0.5) is 4.79 Å². The van der Waals surface area contributed by atoms with Crippen LogP contribution in [-0.4, -0.2) is 69.5 Å². The zero-order valence-corrected chi connectivity index (χ0v) is 24.9. The first kappa shape index (κ1) is 29.7. The molecule has 2 aromatic rings. The zero-order valence-electron chi connectivity index (χ0n) is 23.4. The fourth-order valence-corrected chi connectivity index (χ4v) is 5.96. The molecule has 8 nitrogen and oxygen atoms in total. The first-order valence-electron chi connectivity index (χ1n) is 14.0. The summed E-state index contributed by atoms with van der Waals surface area (Å²) in [5.41, 5.74) is 2.71. The standard InChI is InChI=1S/C32H33Cl2N5O3/c1-3-15-37-21-30(40)38-28(17-23-11-9-22(2)10-12-23)31(41)36(19-25-13-14-26(33)27(34)16-25)20-29(38)39(37)32(42)35-18-24-7-5-4-6-8-24/h1,4-9,11-14,16,22,28-29H,10,15,17-21H2,2H3,(H,35,42)/t22?,28-,29-/m0/s1. The fraction of sp³-hybridized carbons (Fsp3) is 0.344. The van der Waals surface area contributed by atoms with E-state index in [9.17, 15) is 14.4 Å². The van der Waals surface area contributed by atoms with Gasteiger partial charge in [-0.25, -0.2) is 9.80 Å². The van der Waals surface area contributed by atoms with Crippen molar-refractivity contribution < 1.29 is 14.4 Å². The van der Waals surface area contributed by atoms with Crippen LogP contribution in [0, 0.1) is 18.3 Å². The molecule has 218 valence electrons. The predicted octanol–water partition coefficient (Wildman–Crippen LogP) is 4.85. The third-order valence-corrected chi connectivity index (χ3v) is 8.51. The van der Waals surface area contributed by atoms with E-state index >= 15 is 0 Å². The average Bonchev–Trinajstić information content (AvgIpc) is 2.97. The summed E-state index contributed by atoms with van der Waals surface area (Å²) < 4.78 is 0. The molecular formula is C32H33Cl2N5O3. The number of rotatable bonds is 7. The molecule has 2 heterocycles. The number of piperazine rings is 1. The number of fused-ring (bicyclic) bond motifs is 1. The molecule has 2 aromatic carbocycles. The molecule has 3 atom stereocenters. The number of hydrogen-bond acceptors (Lipinski definition) is 4. The number of terminal acetylenes is 1. The van der Waals surface area contributed by atoms with Gasteiger partial charge in [-0.05, 0) is 41.2 Å². The van der Waals surface area contributed by atoms with Crippen LogP contribution < -0.4 is 5.32 Å². The number of nitrogens with zero attached hydrogens (tertiary/aromatic N) is 4. The number of halogens is 2. The van der Waals surface area contributed by atoms with E-state index in [1.807, 2.05) is 42.5 Å². The summed E-state index contributed by atoms with van der Waals surface area (Å²) in [5.74, 6) is 2.55. The van der Waals surface area contributed by atoms with Gasteiger partial charge >= 0.3 is 6.03 Å². The molecule has 1 unspecified atom stereocenters. The van der Waals surface area contributed by atoms with Gasteiger partial charge in [0.05, 0.1) is 29.7 Å². The van der Waals surface area contributed by atoms with E-state index < -0.39 is 18.2 Å². The lowest BCUT2D eigenvalue weighted by Crippen LogP contribution is -2.76. The number of carbonyl (C=O) groups is 3. The molecular weight excluding hydrogens is 573 g/mol. The second-order valence-electron chi connectivity index (χ2n) is 10.8. The summed E-state index contributed by atoms with van der Waals surface area (Å²) >= 11 is 12.4. The van der Waals surface area contributed by atoms with E-state index in [0.717, 1.165) is 23.1 Å². The largest absolute Gasteiger partial charge is 0.334 e. The van der Waals surface area contributed by atoms with E-state index in [1.165, 1.54) is 5.01 Å². The maximum absolute atomic E-state index is 14.1. The molecule has 0 bridgehead atoms. The highest BCUT2D eigenvalue weighted by molar-refractivity contribution is 6.42. The summed E-state index contributed by atoms with van der Waals surface area (Å²) in [6.45, 7) is 2.73. The van der Waals surface area contributed by atoms with E-state index in [-0.39, 0.29) is 38.0 Å². The van der Waals surface area contributed by atoms with Gasteiger partial charge in [0.15, 0.2) is 0 Å². The van der Waals surface area contributed by atoms with Crippen LogP contribution in [0.5, 0.6) is 0 Å². The maximum atomic E-state index is 14.1. The van der Waals surface area contributed by atoms with Crippen molar-refractivity contribution in [2.24, 2.45) is 5.92 Å². The Kier molecular flexibility index (Phi) is 9.22. The minimum absolute atomic E-state index is 0.0615. The Morgan fingerprint density at radius 1 is 1.10 bits per heavy atom. The lowest BCUT2D eigenvalue weighted by Gasteiger charge is -2.55. The van der Waals surface area contributed by atoms with Crippen molar-refractivity contribution in [2.75, 3.05) is 19.6 Å². The third-order valence-electron chi connectivity index (χ3n) is 7.78. The summed E-state index contributed by atoms with van der Waals surface area (Å²) in [5, 5.41) is 6.88. The number of nitrogens with one attached hydrogen (secondary N) is 1. The van der Waals surface area contributed by atoms with Gasteiger partial charge in [0.25, 0.3) is 0 Å². The molecule has 10 heteroatoms. The first-order valence-corrected chi connectivity index (χ1v) is 14.7. The lowest BCUT2D eigenvalue weighted by molar-refractivity contribution is -0.189. The van der Waals surface area contributed by atoms with Crippen molar-refractivity contribution in [3.8, 4) is 12.3 Å². The van der Waals surface area contributed by atoms with E-state index in [2.05, 4.69) is 30.3 Å². The molecule has 0 aromatic heterocycles. The highest BCUT2D eigenvalue weighted by Gasteiger charge is 2.51. The number of hydrazine groups is 1. The van der Waals surface area contributed by atoms with Gasteiger partial charge in [-0.15, -0.1) is 6.42 Å². The molecule has 0 spiro atoms. The van der Waals surface area contributed by atoms with Crippen molar-refractivity contribution >= 4 is 41.0 Å². The van der Waals surface area contributed by atoms with Crippen molar-refractivity contribution in [2.45, 2.75) is 45.1 Å². The van der Waals surface area contributed by atoms with E-state index in [0.29, 0.717) is 28.9 Å². The Morgan fingerprint density at radius 2 is 1.88 bits per heavy atom. The molecule has 1 aliphatic carbocycles. The molecule has 3 aliphatic rings. The Bertz CT molecular complexity index is 1450. The molecule has 2 fully saturated rings. The Hall–Kier alpha value is -3.77. The number of carbonyl (C=O) groups excluding carboxylic acids is 3. The third kappa shape index (κ3) is 6.49. The molecule has 0 radical (unpaired) electrons. The minimum Gasteiger partial charge on any atom is -0.333 e. The normalized spacial score (nSPS) is 22.5. The fourth-order valence-electron chi connectivity index (χ4n) is 5.64. The van der Waals surface area contributed by atoms with E-state index in [1.54, 1.807) is 26.9 Å². The van der Waals surface area contributed by atoms with Crippen LogP contribution in [0.15, 0.2) is 72.3 Å². The van der Waals surface area contributed by atoms with Gasteiger partial charge in [0.2, 0.25) is 11.8 Å². The highest BCUT2D eigenvalue weighted by atomic mass is 35.5. The number of hydrogen-bond donors (Lipinski definition) is 1. The number of amides is 4. The Labute approximate surface area is 256 Å². The molecule has 42 heavy (non-hydrogen) atoms. The molecule has 1 N–H and O–H groups in total. The van der Waals surface area contributed by atoms with Gasteiger partial charge in [0.1, 0.15) is 12.2 Å². The van der Waals surface area contributed by atoms with Crippen molar-refractivity contribution in [3.63, 3.8) is 0 Å². The summed E-state index contributed by atoms with van der Waals surface area (Å²) in [7, 11) is 0. The van der Waals surface area contributed by atoms with Crippen LogP contribution in [0.2, 0.25) is 10.0 Å². The van der Waals surface area contributed by atoms with Crippen LogP contribution in [-0.2, 0) is 22.7 Å². The van der Waals surface area contributed by atoms with Crippen LogP contribution in [0.25, 0.3) is 0 Å². The number of urea groups is 1.